The molecular weight excluding hydrogens is 290 g/mol. The van der Waals surface area contributed by atoms with Crippen LogP contribution >= 0.6 is 11.8 Å². The van der Waals surface area contributed by atoms with Crippen molar-refractivity contribution in [3.05, 3.63) is 64.7 Å². The van der Waals surface area contributed by atoms with Crippen molar-refractivity contribution >= 4 is 17.0 Å². The smallest absolute Gasteiger partial charge is 0.285 e. The first-order valence-electron chi connectivity index (χ1n) is 7.50. The van der Waals surface area contributed by atoms with E-state index in [2.05, 4.69) is 56.3 Å². The molecule has 0 heterocycles. The molecule has 0 saturated heterocycles. The Hall–Kier alpha value is -1.74. The summed E-state index contributed by atoms with van der Waals surface area (Å²) in [5, 5.41) is 0.0715. The Kier molecular flexibility index (Phi) is 5.67. The molecule has 0 aliphatic rings. The van der Waals surface area contributed by atoms with Crippen LogP contribution in [0, 0.1) is 13.8 Å². The number of hydrogen-bond donors (Lipinski definition) is 0. The van der Waals surface area contributed by atoms with Gasteiger partial charge in [0.25, 0.3) is 5.24 Å². The zero-order valence-electron chi connectivity index (χ0n) is 13.7. The molecule has 0 N–H and O–H groups in total. The van der Waals surface area contributed by atoms with Crippen LogP contribution in [-0.4, -0.2) is 24.2 Å². The normalized spacial score (nSPS) is 10.5. The molecule has 0 spiro atoms. The van der Waals surface area contributed by atoms with E-state index >= 15 is 0 Å². The van der Waals surface area contributed by atoms with Gasteiger partial charge < -0.3 is 4.90 Å². The molecule has 2 aromatic carbocycles. The Balaban J connectivity index is 2.12. The lowest BCUT2D eigenvalue weighted by molar-refractivity contribution is 0.241. The fourth-order valence-electron chi connectivity index (χ4n) is 2.18. The van der Waals surface area contributed by atoms with E-state index in [-0.39, 0.29) is 5.24 Å². The molecule has 22 heavy (non-hydrogen) atoms. The lowest BCUT2D eigenvalue weighted by Crippen LogP contribution is -2.16. The zero-order valence-corrected chi connectivity index (χ0v) is 14.5. The van der Waals surface area contributed by atoms with Crippen LogP contribution in [0.1, 0.15) is 22.3 Å². The SMILES string of the molecule is Cc1ccc(CCc2ccc(C)cc2SC(=O)N(C)C)cc1. The third-order valence-electron chi connectivity index (χ3n) is 3.59. The molecule has 0 unspecified atom stereocenters. The van der Waals surface area contributed by atoms with Crippen molar-refractivity contribution in [3.8, 4) is 0 Å². The first-order valence-corrected chi connectivity index (χ1v) is 8.31. The van der Waals surface area contributed by atoms with Crippen LogP contribution in [-0.2, 0) is 12.8 Å². The summed E-state index contributed by atoms with van der Waals surface area (Å²) in [7, 11) is 3.58. The number of aryl methyl sites for hydroxylation is 4. The highest BCUT2D eigenvalue weighted by atomic mass is 32.2. The van der Waals surface area contributed by atoms with Gasteiger partial charge in [0.05, 0.1) is 0 Å². The highest BCUT2D eigenvalue weighted by Crippen LogP contribution is 2.27. The highest BCUT2D eigenvalue weighted by molar-refractivity contribution is 8.13. The van der Waals surface area contributed by atoms with Crippen LogP contribution in [0.4, 0.5) is 4.79 Å². The van der Waals surface area contributed by atoms with Crippen molar-refractivity contribution < 1.29 is 4.79 Å². The molecule has 2 nitrogen and oxygen atoms in total. The fourth-order valence-corrected chi connectivity index (χ4v) is 3.10. The maximum Gasteiger partial charge on any atom is 0.285 e. The third-order valence-corrected chi connectivity index (χ3v) is 4.73. The lowest BCUT2D eigenvalue weighted by Gasteiger charge is -2.13. The number of nitrogens with zero attached hydrogens (tertiary/aromatic N) is 1. The van der Waals surface area contributed by atoms with Crippen molar-refractivity contribution in [1.29, 1.82) is 0 Å². The van der Waals surface area contributed by atoms with Gasteiger partial charge in [-0.05, 0) is 61.2 Å². The monoisotopic (exact) mass is 313 g/mol. The summed E-state index contributed by atoms with van der Waals surface area (Å²) in [6.07, 6.45) is 1.94. The number of carbonyl (C=O) groups is 1. The maximum absolute atomic E-state index is 12.0. The molecule has 2 aromatic rings. The average Bonchev–Trinajstić information content (AvgIpc) is 2.48. The number of hydrogen-bond acceptors (Lipinski definition) is 2. The topological polar surface area (TPSA) is 20.3 Å². The summed E-state index contributed by atoms with van der Waals surface area (Å²) in [5.74, 6) is 0. The second-order valence-corrected chi connectivity index (χ2v) is 6.85. The van der Waals surface area contributed by atoms with Gasteiger partial charge in [-0.25, -0.2) is 0 Å². The number of rotatable bonds is 4. The van der Waals surface area contributed by atoms with Crippen LogP contribution in [0.5, 0.6) is 0 Å². The Bertz CT molecular complexity index is 647. The molecule has 0 aliphatic carbocycles. The second kappa shape index (κ2) is 7.50. The Labute approximate surface area is 137 Å². The van der Waals surface area contributed by atoms with E-state index < -0.39 is 0 Å². The van der Waals surface area contributed by atoms with Crippen molar-refractivity contribution in [3.63, 3.8) is 0 Å². The number of benzene rings is 2. The molecule has 116 valence electrons. The van der Waals surface area contributed by atoms with Crippen molar-refractivity contribution in [2.24, 2.45) is 0 Å². The van der Waals surface area contributed by atoms with Crippen molar-refractivity contribution in [2.75, 3.05) is 14.1 Å². The standard InChI is InChI=1S/C19H23NOS/c1-14-5-8-16(9-6-14)10-12-17-11-7-15(2)13-18(17)22-19(21)20(3)4/h5-9,11,13H,10,12H2,1-4H3. The molecule has 0 atom stereocenters. The minimum Gasteiger partial charge on any atom is -0.339 e. The van der Waals surface area contributed by atoms with E-state index in [1.807, 2.05) is 0 Å². The molecule has 0 aromatic heterocycles. The molecule has 3 heteroatoms. The van der Waals surface area contributed by atoms with Crippen molar-refractivity contribution in [1.82, 2.24) is 4.90 Å². The predicted octanol–water partition coefficient (Wildman–Crippen LogP) is 4.86. The van der Waals surface area contributed by atoms with Gasteiger partial charge in [-0.1, -0.05) is 42.0 Å². The fraction of sp³-hybridized carbons (Fsp3) is 0.316. The second-order valence-electron chi connectivity index (χ2n) is 5.86. The average molecular weight is 313 g/mol. The molecule has 0 aliphatic heterocycles. The van der Waals surface area contributed by atoms with Gasteiger partial charge >= 0.3 is 0 Å². The number of thioether (sulfide) groups is 1. The van der Waals surface area contributed by atoms with E-state index in [4.69, 9.17) is 0 Å². The van der Waals surface area contributed by atoms with Crippen LogP contribution in [0.3, 0.4) is 0 Å². The number of amides is 1. The summed E-state index contributed by atoms with van der Waals surface area (Å²) in [5.41, 5.74) is 5.05. The maximum atomic E-state index is 12.0. The minimum absolute atomic E-state index is 0.0715. The van der Waals surface area contributed by atoms with Gasteiger partial charge in [0.15, 0.2) is 0 Å². The molecular formula is C19H23NOS. The number of carbonyl (C=O) groups excluding carboxylic acids is 1. The lowest BCUT2D eigenvalue weighted by atomic mass is 10.0. The van der Waals surface area contributed by atoms with Crippen LogP contribution in [0.25, 0.3) is 0 Å². The van der Waals surface area contributed by atoms with Gasteiger partial charge in [-0.15, -0.1) is 0 Å². The molecule has 0 bridgehead atoms. The molecule has 0 radical (unpaired) electrons. The van der Waals surface area contributed by atoms with Gasteiger partial charge in [-0.3, -0.25) is 4.79 Å². The van der Waals surface area contributed by atoms with Crippen molar-refractivity contribution in [2.45, 2.75) is 31.6 Å². The quantitative estimate of drug-likeness (QED) is 0.751. The van der Waals surface area contributed by atoms with Gasteiger partial charge in [0.2, 0.25) is 0 Å². The van der Waals surface area contributed by atoms with Gasteiger partial charge in [0.1, 0.15) is 0 Å². The van der Waals surface area contributed by atoms with Crippen LogP contribution in [0.15, 0.2) is 47.4 Å². The summed E-state index contributed by atoms with van der Waals surface area (Å²) >= 11 is 1.32. The van der Waals surface area contributed by atoms with Gasteiger partial charge in [0, 0.05) is 19.0 Å². The van der Waals surface area contributed by atoms with E-state index in [9.17, 15) is 4.79 Å². The predicted molar refractivity (Wildman–Crippen MR) is 94.7 cm³/mol. The first kappa shape index (κ1) is 16.6. The zero-order chi connectivity index (χ0) is 16.1. The third kappa shape index (κ3) is 4.63. The van der Waals surface area contributed by atoms with E-state index in [0.29, 0.717) is 0 Å². The molecule has 2 rings (SSSR count). The van der Waals surface area contributed by atoms with Gasteiger partial charge in [-0.2, -0.15) is 0 Å². The molecule has 0 saturated carbocycles. The summed E-state index contributed by atoms with van der Waals surface area (Å²) in [6, 6.07) is 15.0. The minimum atomic E-state index is 0.0715. The molecule has 1 amide bonds. The van der Waals surface area contributed by atoms with Crippen LogP contribution in [0.2, 0.25) is 0 Å². The summed E-state index contributed by atoms with van der Waals surface area (Å²) in [6.45, 7) is 4.17. The van der Waals surface area contributed by atoms with E-state index in [1.165, 1.54) is 34.0 Å². The Morgan fingerprint density at radius 1 is 0.955 bits per heavy atom. The summed E-state index contributed by atoms with van der Waals surface area (Å²) < 4.78 is 0. The Morgan fingerprint density at radius 2 is 1.59 bits per heavy atom. The van der Waals surface area contributed by atoms with E-state index in [1.54, 1.807) is 19.0 Å². The molecule has 0 fully saturated rings. The van der Waals surface area contributed by atoms with Crippen LogP contribution < -0.4 is 0 Å². The largest absolute Gasteiger partial charge is 0.339 e. The summed E-state index contributed by atoms with van der Waals surface area (Å²) in [4.78, 5) is 14.7. The highest BCUT2D eigenvalue weighted by Gasteiger charge is 2.11. The van der Waals surface area contributed by atoms with E-state index in [0.717, 1.165) is 17.7 Å². The first-order chi connectivity index (χ1) is 10.5. The Morgan fingerprint density at radius 3 is 2.23 bits per heavy atom.